The quantitative estimate of drug-likeness (QED) is 0.854. The molecule has 0 bridgehead atoms. The van der Waals surface area contributed by atoms with Gasteiger partial charge in [0.2, 0.25) is 0 Å². The fraction of sp³-hybridized carbons (Fsp3) is 0.538. The van der Waals surface area contributed by atoms with E-state index in [0.29, 0.717) is 6.54 Å². The molecule has 1 atom stereocenters. The number of hydrogen-bond acceptors (Lipinski definition) is 2. The van der Waals surface area contributed by atoms with Crippen molar-refractivity contribution in [2.24, 2.45) is 0 Å². The molecule has 18 heavy (non-hydrogen) atoms. The first-order valence-corrected chi connectivity index (χ1v) is 5.87. The van der Waals surface area contributed by atoms with Crippen molar-refractivity contribution in [1.29, 1.82) is 0 Å². The Bertz CT molecular complexity index is 384. The van der Waals surface area contributed by atoms with E-state index in [1.807, 2.05) is 6.92 Å². The monoisotopic (exact) mass is 261 g/mol. The summed E-state index contributed by atoms with van der Waals surface area (Å²) in [5.74, 6) is 0. The molecule has 0 saturated carbocycles. The van der Waals surface area contributed by atoms with Gasteiger partial charge in [0.05, 0.1) is 5.56 Å². The zero-order chi connectivity index (χ0) is 13.8. The lowest BCUT2D eigenvalue weighted by molar-refractivity contribution is -0.139. The first kappa shape index (κ1) is 15.0. The van der Waals surface area contributed by atoms with Gasteiger partial charge in [-0.15, -0.1) is 0 Å². The highest BCUT2D eigenvalue weighted by molar-refractivity contribution is 5.35. The fourth-order valence-corrected chi connectivity index (χ4v) is 2.14. The smallest absolute Gasteiger partial charge is 0.396 e. The molecule has 0 aliphatic heterocycles. The van der Waals surface area contributed by atoms with E-state index in [4.69, 9.17) is 5.11 Å². The van der Waals surface area contributed by atoms with Crippen molar-refractivity contribution in [3.05, 3.63) is 35.4 Å². The number of aliphatic hydroxyl groups excluding tert-OH is 1. The van der Waals surface area contributed by atoms with Gasteiger partial charge < -0.3 is 10.4 Å². The maximum atomic E-state index is 13.0. The molecule has 1 unspecified atom stereocenters. The van der Waals surface area contributed by atoms with Gasteiger partial charge in [0.1, 0.15) is 0 Å². The number of rotatable bonds is 5. The molecule has 0 radical (unpaired) electrons. The lowest BCUT2D eigenvalue weighted by Gasteiger charge is -2.33. The number of nitrogens with one attached hydrogen (secondary N) is 1. The molecule has 0 aromatic heterocycles. The van der Waals surface area contributed by atoms with Crippen LogP contribution in [0.5, 0.6) is 0 Å². The summed E-state index contributed by atoms with van der Waals surface area (Å²) in [6.07, 6.45) is -4.16. The highest BCUT2D eigenvalue weighted by atomic mass is 19.4. The molecule has 0 spiro atoms. The zero-order valence-electron chi connectivity index (χ0n) is 10.5. The van der Waals surface area contributed by atoms with Crippen molar-refractivity contribution in [3.8, 4) is 0 Å². The van der Waals surface area contributed by atoms with Crippen LogP contribution in [0.1, 0.15) is 31.4 Å². The second kappa shape index (κ2) is 5.71. The largest absolute Gasteiger partial charge is 0.416 e. The van der Waals surface area contributed by atoms with Crippen molar-refractivity contribution in [2.75, 3.05) is 13.2 Å². The summed E-state index contributed by atoms with van der Waals surface area (Å²) >= 11 is 0. The van der Waals surface area contributed by atoms with E-state index in [-0.39, 0.29) is 18.6 Å². The summed E-state index contributed by atoms with van der Waals surface area (Å²) in [6.45, 7) is 3.86. The second-order valence-electron chi connectivity index (χ2n) is 4.38. The predicted octanol–water partition coefficient (Wildman–Crippen LogP) is 2.91. The maximum Gasteiger partial charge on any atom is 0.416 e. The number of alkyl halides is 3. The molecular weight excluding hydrogens is 243 g/mol. The molecule has 0 aliphatic rings. The third-order valence-corrected chi connectivity index (χ3v) is 3.01. The molecule has 5 heteroatoms. The molecule has 1 aromatic rings. The molecule has 2 N–H and O–H groups in total. The summed E-state index contributed by atoms with van der Waals surface area (Å²) in [5.41, 5.74) is -1.36. The van der Waals surface area contributed by atoms with E-state index in [0.717, 1.165) is 6.07 Å². The number of aliphatic hydroxyl groups is 1. The Labute approximate surface area is 105 Å². The summed E-state index contributed by atoms with van der Waals surface area (Å²) < 4.78 is 38.9. The topological polar surface area (TPSA) is 32.3 Å². The van der Waals surface area contributed by atoms with Crippen molar-refractivity contribution in [2.45, 2.75) is 32.0 Å². The number of halogens is 3. The molecule has 0 fully saturated rings. The minimum Gasteiger partial charge on any atom is -0.396 e. The van der Waals surface area contributed by atoms with Crippen LogP contribution in [0.15, 0.2) is 24.3 Å². The minimum atomic E-state index is -4.39. The van der Waals surface area contributed by atoms with Gasteiger partial charge in [-0.25, -0.2) is 0 Å². The molecule has 2 nitrogen and oxygen atoms in total. The van der Waals surface area contributed by atoms with Gasteiger partial charge in [-0.3, -0.25) is 0 Å². The lowest BCUT2D eigenvalue weighted by Crippen LogP contribution is -2.41. The Kier molecular flexibility index (Phi) is 4.76. The van der Waals surface area contributed by atoms with Crippen LogP contribution in [0.2, 0.25) is 0 Å². The second-order valence-corrected chi connectivity index (χ2v) is 4.38. The van der Waals surface area contributed by atoms with Gasteiger partial charge in [0.15, 0.2) is 0 Å². The van der Waals surface area contributed by atoms with Gasteiger partial charge >= 0.3 is 6.18 Å². The standard InChI is InChI=1S/C13H18F3NO/c1-3-17-12(2,8-9-18)10-6-4-5-7-11(10)13(14,15)16/h4-7,17-18H,3,8-9H2,1-2H3. The minimum absolute atomic E-state index is 0.171. The van der Waals surface area contributed by atoms with E-state index in [1.54, 1.807) is 13.0 Å². The first-order valence-electron chi connectivity index (χ1n) is 5.87. The molecule has 102 valence electrons. The Hall–Kier alpha value is -1.07. The predicted molar refractivity (Wildman–Crippen MR) is 64.2 cm³/mol. The van der Waals surface area contributed by atoms with Crippen LogP contribution in [0.4, 0.5) is 13.2 Å². The molecule has 0 amide bonds. The van der Waals surface area contributed by atoms with E-state index in [1.165, 1.54) is 12.1 Å². The van der Waals surface area contributed by atoms with Crippen LogP contribution in [-0.2, 0) is 11.7 Å². The normalized spacial score (nSPS) is 15.4. The summed E-state index contributed by atoms with van der Waals surface area (Å²) in [6, 6.07) is 5.48. The van der Waals surface area contributed by atoms with Gasteiger partial charge in [0, 0.05) is 12.1 Å². The summed E-state index contributed by atoms with van der Waals surface area (Å²) in [7, 11) is 0. The van der Waals surface area contributed by atoms with E-state index >= 15 is 0 Å². The van der Waals surface area contributed by atoms with Crippen LogP contribution in [-0.4, -0.2) is 18.3 Å². The van der Waals surface area contributed by atoms with Crippen molar-refractivity contribution in [3.63, 3.8) is 0 Å². The molecule has 0 saturated heterocycles. The van der Waals surface area contributed by atoms with Gasteiger partial charge in [0.25, 0.3) is 0 Å². The van der Waals surface area contributed by atoms with Gasteiger partial charge in [-0.05, 0) is 31.5 Å². The van der Waals surface area contributed by atoms with Crippen LogP contribution < -0.4 is 5.32 Å². The summed E-state index contributed by atoms with van der Waals surface area (Å²) in [4.78, 5) is 0. The van der Waals surface area contributed by atoms with E-state index < -0.39 is 17.3 Å². The van der Waals surface area contributed by atoms with E-state index in [9.17, 15) is 13.2 Å². The number of hydrogen-bond donors (Lipinski definition) is 2. The van der Waals surface area contributed by atoms with Gasteiger partial charge in [-0.1, -0.05) is 25.1 Å². The molecule has 0 aliphatic carbocycles. The molecule has 0 heterocycles. The Balaban J connectivity index is 3.28. The average Bonchev–Trinajstić information content (AvgIpc) is 2.28. The highest BCUT2D eigenvalue weighted by Crippen LogP contribution is 2.37. The van der Waals surface area contributed by atoms with Crippen molar-refractivity contribution >= 4 is 0 Å². The highest BCUT2D eigenvalue weighted by Gasteiger charge is 2.38. The zero-order valence-corrected chi connectivity index (χ0v) is 10.5. The summed E-state index contributed by atoms with van der Waals surface area (Å²) in [5, 5.41) is 12.1. The van der Waals surface area contributed by atoms with Crippen LogP contribution in [0.3, 0.4) is 0 Å². The third-order valence-electron chi connectivity index (χ3n) is 3.01. The molecule has 1 aromatic carbocycles. The van der Waals surface area contributed by atoms with E-state index in [2.05, 4.69) is 5.32 Å². The molecule has 1 rings (SSSR count). The SMILES string of the molecule is CCNC(C)(CCO)c1ccccc1C(F)(F)F. The van der Waals surface area contributed by atoms with Crippen molar-refractivity contribution in [1.82, 2.24) is 5.32 Å². The average molecular weight is 261 g/mol. The van der Waals surface area contributed by atoms with Crippen LogP contribution in [0, 0.1) is 0 Å². The molecular formula is C13H18F3NO. The number of benzene rings is 1. The lowest BCUT2D eigenvalue weighted by atomic mass is 9.85. The van der Waals surface area contributed by atoms with Gasteiger partial charge in [-0.2, -0.15) is 13.2 Å². The van der Waals surface area contributed by atoms with Crippen LogP contribution >= 0.6 is 0 Å². The van der Waals surface area contributed by atoms with Crippen LogP contribution in [0.25, 0.3) is 0 Å². The fourth-order valence-electron chi connectivity index (χ4n) is 2.14. The Morgan fingerprint density at radius 3 is 2.17 bits per heavy atom. The maximum absolute atomic E-state index is 13.0. The Morgan fingerprint density at radius 1 is 1.17 bits per heavy atom. The third kappa shape index (κ3) is 3.23. The van der Waals surface area contributed by atoms with Crippen molar-refractivity contribution < 1.29 is 18.3 Å². The Morgan fingerprint density at radius 2 is 1.72 bits per heavy atom. The first-order chi connectivity index (χ1) is 8.35.